The van der Waals surface area contributed by atoms with E-state index in [2.05, 4.69) is 10.2 Å². The minimum absolute atomic E-state index is 0.345. The van der Waals surface area contributed by atoms with Gasteiger partial charge in [-0.05, 0) is 122 Å². The molecule has 0 spiro atoms. The number of aryl methyl sites for hydroxylation is 2. The summed E-state index contributed by atoms with van der Waals surface area (Å²) in [7, 11) is 0. The fourth-order valence-corrected chi connectivity index (χ4v) is 7.97. The molecule has 2 heterocycles. The van der Waals surface area contributed by atoms with Crippen molar-refractivity contribution in [3.05, 3.63) is 191 Å². The summed E-state index contributed by atoms with van der Waals surface area (Å²) < 4.78 is 163. The van der Waals surface area contributed by atoms with E-state index in [0.29, 0.717) is 56.4 Å². The van der Waals surface area contributed by atoms with Crippen molar-refractivity contribution in [1.82, 2.24) is 19.6 Å². The van der Waals surface area contributed by atoms with Gasteiger partial charge in [0.25, 0.3) is 0 Å². The van der Waals surface area contributed by atoms with E-state index >= 15 is 0 Å². The van der Waals surface area contributed by atoms with Crippen molar-refractivity contribution in [2.24, 2.45) is 0 Å². The molecule has 0 aliphatic carbocycles. The lowest BCUT2D eigenvalue weighted by atomic mass is 10.0. The average molecular weight is 961 g/mol. The summed E-state index contributed by atoms with van der Waals surface area (Å²) in [6.07, 6.45) is -11.7. The molecule has 0 unspecified atom stereocenters. The SMILES string of the molecule is FC(F)(F)c1ccc(-c2cc(-c3ccc(C(F)(F)F)cc3)n(-c3ccc(CCCCCCCc4ccc(-n5nc(-c6ccc(C(F)(F)F)cc6)cc5-c5ccc(C(F)(F)F)cc5)cc4)cc3)n2)cc1. The number of hydrogen-bond donors (Lipinski definition) is 0. The van der Waals surface area contributed by atoms with Crippen molar-refractivity contribution in [2.45, 2.75) is 69.7 Å². The Kier molecular flexibility index (Phi) is 13.7. The maximum absolute atomic E-state index is 13.3. The van der Waals surface area contributed by atoms with E-state index in [1.807, 2.05) is 48.5 Å². The zero-order chi connectivity index (χ0) is 49.1. The number of benzene rings is 6. The monoisotopic (exact) mass is 960 g/mol. The van der Waals surface area contributed by atoms with Crippen LogP contribution in [0.3, 0.4) is 0 Å². The summed E-state index contributed by atoms with van der Waals surface area (Å²) in [6.45, 7) is 0. The van der Waals surface area contributed by atoms with Gasteiger partial charge in [0.05, 0.1) is 56.4 Å². The fourth-order valence-electron chi connectivity index (χ4n) is 7.97. The van der Waals surface area contributed by atoms with Gasteiger partial charge in [-0.2, -0.15) is 62.9 Å². The average Bonchev–Trinajstić information content (AvgIpc) is 3.97. The van der Waals surface area contributed by atoms with Gasteiger partial charge in [-0.3, -0.25) is 0 Å². The Hall–Kier alpha value is -7.10. The Morgan fingerprint density at radius 1 is 0.304 bits per heavy atom. The minimum atomic E-state index is -4.53. The number of alkyl halides is 12. The van der Waals surface area contributed by atoms with E-state index in [0.717, 1.165) is 105 Å². The summed E-state index contributed by atoms with van der Waals surface area (Å²) in [4.78, 5) is 0. The normalized spacial score (nSPS) is 12.5. The van der Waals surface area contributed by atoms with Crippen LogP contribution in [0.5, 0.6) is 0 Å². The highest BCUT2D eigenvalue weighted by Crippen LogP contribution is 2.37. The van der Waals surface area contributed by atoms with Gasteiger partial charge >= 0.3 is 24.7 Å². The molecule has 0 fully saturated rings. The predicted octanol–water partition coefficient (Wildman–Crippen LogP) is 16.5. The van der Waals surface area contributed by atoms with Gasteiger partial charge in [-0.25, -0.2) is 9.36 Å². The van der Waals surface area contributed by atoms with E-state index in [1.54, 1.807) is 21.5 Å². The highest BCUT2D eigenvalue weighted by atomic mass is 19.4. The molecular formula is C53H40F12N4. The molecule has 6 aromatic carbocycles. The van der Waals surface area contributed by atoms with Gasteiger partial charge in [0.1, 0.15) is 0 Å². The molecule has 2 aromatic heterocycles. The van der Waals surface area contributed by atoms with Crippen LogP contribution in [0.25, 0.3) is 56.4 Å². The molecule has 16 heteroatoms. The lowest BCUT2D eigenvalue weighted by Gasteiger charge is -2.11. The molecule has 0 atom stereocenters. The number of nitrogens with zero attached hydrogens (tertiary/aromatic N) is 4. The second-order valence-electron chi connectivity index (χ2n) is 16.6. The van der Waals surface area contributed by atoms with Crippen LogP contribution in [-0.2, 0) is 37.5 Å². The molecule has 0 bridgehead atoms. The summed E-state index contributed by atoms with van der Waals surface area (Å²) in [6, 6.07) is 36.7. The van der Waals surface area contributed by atoms with E-state index in [-0.39, 0.29) is 0 Å². The standard InChI is InChI=1S/C53H40F12N4/c54-50(55,56)40-20-12-36(13-21-40)46-32-48(38-16-24-42(25-17-38)52(60,61)62)68(66-46)44-28-8-34(9-29-44)6-4-2-1-3-5-7-35-10-30-45(31-11-35)69-49(39-18-26-43(27-19-39)53(63,64)65)33-47(67-69)37-14-22-41(23-15-37)51(57,58)59/h8-33H,1-7H2. The smallest absolute Gasteiger partial charge is 0.232 e. The lowest BCUT2D eigenvalue weighted by molar-refractivity contribution is -0.138. The molecule has 0 saturated carbocycles. The van der Waals surface area contributed by atoms with Gasteiger partial charge in [0.2, 0.25) is 0 Å². The molecule has 8 rings (SSSR count). The number of rotatable bonds is 14. The minimum Gasteiger partial charge on any atom is -0.232 e. The summed E-state index contributed by atoms with van der Waals surface area (Å²) >= 11 is 0. The van der Waals surface area contributed by atoms with Crippen LogP contribution >= 0.6 is 0 Å². The van der Waals surface area contributed by atoms with Crippen molar-refractivity contribution in [3.63, 3.8) is 0 Å². The molecule has 0 aliphatic rings. The van der Waals surface area contributed by atoms with Crippen molar-refractivity contribution in [1.29, 1.82) is 0 Å². The van der Waals surface area contributed by atoms with Gasteiger partial charge in [0, 0.05) is 22.3 Å². The molecule has 8 aromatic rings. The first-order valence-electron chi connectivity index (χ1n) is 21.8. The summed E-state index contributed by atoms with van der Waals surface area (Å²) in [5, 5.41) is 9.32. The van der Waals surface area contributed by atoms with Gasteiger partial charge < -0.3 is 0 Å². The first-order valence-corrected chi connectivity index (χ1v) is 21.8. The Bertz CT molecular complexity index is 2750. The van der Waals surface area contributed by atoms with Crippen molar-refractivity contribution in [2.75, 3.05) is 0 Å². The van der Waals surface area contributed by atoms with E-state index in [4.69, 9.17) is 0 Å². The molecule has 4 nitrogen and oxygen atoms in total. The Balaban J connectivity index is 0.872. The highest BCUT2D eigenvalue weighted by molar-refractivity contribution is 5.72. The topological polar surface area (TPSA) is 35.6 Å². The van der Waals surface area contributed by atoms with Crippen LogP contribution in [-0.4, -0.2) is 19.6 Å². The first-order chi connectivity index (χ1) is 32.7. The zero-order valence-corrected chi connectivity index (χ0v) is 36.3. The highest BCUT2D eigenvalue weighted by Gasteiger charge is 2.33. The van der Waals surface area contributed by atoms with E-state index < -0.39 is 47.0 Å². The van der Waals surface area contributed by atoms with Crippen LogP contribution in [0.2, 0.25) is 0 Å². The molecule has 0 radical (unpaired) electrons. The van der Waals surface area contributed by atoms with Gasteiger partial charge in [-0.1, -0.05) is 92.1 Å². The van der Waals surface area contributed by atoms with Crippen LogP contribution in [0.1, 0.15) is 65.5 Å². The van der Waals surface area contributed by atoms with E-state index in [9.17, 15) is 52.7 Å². The molecule has 356 valence electrons. The number of aromatic nitrogens is 4. The third kappa shape index (κ3) is 11.6. The fraction of sp³-hybridized carbons (Fsp3) is 0.208. The van der Waals surface area contributed by atoms with E-state index in [1.165, 1.54) is 48.5 Å². The third-order valence-corrected chi connectivity index (χ3v) is 11.7. The van der Waals surface area contributed by atoms with Crippen molar-refractivity contribution in [3.8, 4) is 56.4 Å². The molecule has 69 heavy (non-hydrogen) atoms. The number of hydrogen-bond acceptors (Lipinski definition) is 2. The van der Waals surface area contributed by atoms with Crippen LogP contribution < -0.4 is 0 Å². The summed E-state index contributed by atoms with van der Waals surface area (Å²) in [5.74, 6) is 0. The van der Waals surface area contributed by atoms with Gasteiger partial charge in [-0.15, -0.1) is 0 Å². The second kappa shape index (κ2) is 19.5. The maximum Gasteiger partial charge on any atom is 0.416 e. The van der Waals surface area contributed by atoms with Crippen LogP contribution in [0, 0.1) is 0 Å². The molecule has 0 saturated heterocycles. The molecule has 0 N–H and O–H groups in total. The van der Waals surface area contributed by atoms with Crippen molar-refractivity contribution < 1.29 is 52.7 Å². The Morgan fingerprint density at radius 3 is 0.841 bits per heavy atom. The maximum atomic E-state index is 13.3. The number of unbranched alkanes of at least 4 members (excludes halogenated alkanes) is 4. The van der Waals surface area contributed by atoms with Crippen LogP contribution in [0.4, 0.5) is 52.7 Å². The molecular weight excluding hydrogens is 921 g/mol. The predicted molar refractivity (Wildman–Crippen MR) is 239 cm³/mol. The quantitative estimate of drug-likeness (QED) is 0.0804. The Morgan fingerprint density at radius 2 is 0.565 bits per heavy atom. The second-order valence-corrected chi connectivity index (χ2v) is 16.6. The Labute approximate surface area is 388 Å². The van der Waals surface area contributed by atoms with Gasteiger partial charge in [0.15, 0.2) is 0 Å². The van der Waals surface area contributed by atoms with Crippen LogP contribution in [0.15, 0.2) is 158 Å². The first kappa shape index (κ1) is 48.4. The molecule has 0 aliphatic heterocycles. The summed E-state index contributed by atoms with van der Waals surface area (Å²) in [5.41, 5.74) is 3.39. The molecule has 0 amide bonds. The zero-order valence-electron chi connectivity index (χ0n) is 36.3. The number of halogens is 12. The third-order valence-electron chi connectivity index (χ3n) is 11.7. The lowest BCUT2D eigenvalue weighted by Crippen LogP contribution is -2.04. The van der Waals surface area contributed by atoms with Crippen molar-refractivity contribution >= 4 is 0 Å². The largest absolute Gasteiger partial charge is 0.416 e.